The van der Waals surface area contributed by atoms with E-state index in [1.807, 2.05) is 11.0 Å². The summed E-state index contributed by atoms with van der Waals surface area (Å²) in [4.78, 5) is 35.2. The lowest BCUT2D eigenvalue weighted by molar-refractivity contribution is -0.119. The van der Waals surface area contributed by atoms with Gasteiger partial charge in [0.1, 0.15) is 17.6 Å². The van der Waals surface area contributed by atoms with Crippen molar-refractivity contribution in [1.29, 1.82) is 5.26 Å². The number of carbonyl (C=O) groups excluding carboxylic acids is 1. The predicted molar refractivity (Wildman–Crippen MR) is 111 cm³/mol. The van der Waals surface area contributed by atoms with Crippen LogP contribution in [-0.4, -0.2) is 28.5 Å². The van der Waals surface area contributed by atoms with Crippen LogP contribution in [0, 0.1) is 23.1 Å². The number of amides is 1. The van der Waals surface area contributed by atoms with Crippen molar-refractivity contribution in [3.05, 3.63) is 50.5 Å². The zero-order chi connectivity index (χ0) is 21.4. The zero-order valence-corrected chi connectivity index (χ0v) is 17.2. The molecular formula is C21H21ClFN5O2. The molecule has 3 heterocycles. The number of nitrogens with zero attached hydrogens (tertiary/aromatic N) is 3. The molecule has 4 rings (SSSR count). The normalized spacial score (nSPS) is 23.5. The lowest BCUT2D eigenvalue weighted by Gasteiger charge is -2.36. The van der Waals surface area contributed by atoms with Crippen molar-refractivity contribution in [3.8, 4) is 6.07 Å². The molecule has 30 heavy (non-hydrogen) atoms. The molecule has 1 aromatic carbocycles. The van der Waals surface area contributed by atoms with E-state index in [4.69, 9.17) is 11.6 Å². The third kappa shape index (κ3) is 3.33. The van der Waals surface area contributed by atoms with Gasteiger partial charge >= 0.3 is 0 Å². The number of nitrogens with one attached hydrogen (secondary N) is 2. The Morgan fingerprint density at radius 1 is 1.33 bits per heavy atom. The van der Waals surface area contributed by atoms with Crippen LogP contribution in [0.2, 0.25) is 5.02 Å². The predicted octanol–water partition coefficient (Wildman–Crippen LogP) is 3.56. The molecule has 1 fully saturated rings. The first-order valence-corrected chi connectivity index (χ1v) is 10.4. The van der Waals surface area contributed by atoms with Crippen LogP contribution in [-0.2, 0) is 4.79 Å². The molecule has 7 nitrogen and oxygen atoms in total. The van der Waals surface area contributed by atoms with Crippen molar-refractivity contribution in [1.82, 2.24) is 9.97 Å². The van der Waals surface area contributed by atoms with Crippen LogP contribution in [0.3, 0.4) is 0 Å². The highest BCUT2D eigenvalue weighted by atomic mass is 35.5. The summed E-state index contributed by atoms with van der Waals surface area (Å²) in [5.41, 5.74) is -0.520. The topological polar surface area (TPSA) is 102 Å². The third-order valence-corrected chi connectivity index (χ3v) is 6.26. The largest absolute Gasteiger partial charge is 0.339 e. The van der Waals surface area contributed by atoms with Crippen LogP contribution in [0.25, 0.3) is 0 Å². The van der Waals surface area contributed by atoms with Crippen molar-refractivity contribution < 1.29 is 9.18 Å². The number of halogens is 2. The van der Waals surface area contributed by atoms with E-state index >= 15 is 0 Å². The van der Waals surface area contributed by atoms with E-state index in [1.165, 1.54) is 18.2 Å². The molecule has 0 radical (unpaired) electrons. The maximum absolute atomic E-state index is 14.7. The van der Waals surface area contributed by atoms with Crippen molar-refractivity contribution in [2.75, 3.05) is 16.8 Å². The highest BCUT2D eigenvalue weighted by Crippen LogP contribution is 2.42. The van der Waals surface area contributed by atoms with Gasteiger partial charge in [-0.15, -0.1) is 0 Å². The Morgan fingerprint density at radius 3 is 2.83 bits per heavy atom. The smallest absolute Gasteiger partial charge is 0.258 e. The Balaban J connectivity index is 1.89. The maximum Gasteiger partial charge on any atom is 0.258 e. The summed E-state index contributed by atoms with van der Waals surface area (Å²) in [6.45, 7) is 2.83. The summed E-state index contributed by atoms with van der Waals surface area (Å²) in [5.74, 6) is -3.35. The molecule has 2 aliphatic heterocycles. The molecule has 1 amide bonds. The Kier molecular flexibility index (Phi) is 5.48. The van der Waals surface area contributed by atoms with Gasteiger partial charge in [-0.3, -0.25) is 14.6 Å². The molecular weight excluding hydrogens is 409 g/mol. The summed E-state index contributed by atoms with van der Waals surface area (Å²) in [5, 5.41) is 12.2. The van der Waals surface area contributed by atoms with Crippen LogP contribution >= 0.6 is 11.6 Å². The number of H-pyrrole nitrogens is 1. The minimum atomic E-state index is -1.31. The lowest BCUT2D eigenvalue weighted by Crippen LogP contribution is -2.43. The van der Waals surface area contributed by atoms with Crippen LogP contribution < -0.4 is 15.8 Å². The molecule has 0 saturated carbocycles. The van der Waals surface area contributed by atoms with Gasteiger partial charge in [0, 0.05) is 29.1 Å². The number of hydrogen-bond acceptors (Lipinski definition) is 5. The van der Waals surface area contributed by atoms with Crippen LogP contribution in [0.5, 0.6) is 0 Å². The molecule has 0 bridgehead atoms. The number of fused-ring (bicyclic) bond motifs is 1. The fourth-order valence-corrected chi connectivity index (χ4v) is 4.74. The fourth-order valence-electron chi connectivity index (χ4n) is 4.46. The summed E-state index contributed by atoms with van der Waals surface area (Å²) >= 11 is 6.22. The first-order valence-electron chi connectivity index (χ1n) is 10.0. The number of anilines is 2. The Morgan fingerprint density at radius 2 is 2.13 bits per heavy atom. The van der Waals surface area contributed by atoms with Gasteiger partial charge in [-0.2, -0.15) is 10.2 Å². The van der Waals surface area contributed by atoms with Gasteiger partial charge in [-0.1, -0.05) is 24.6 Å². The van der Waals surface area contributed by atoms with Crippen LogP contribution in [0.1, 0.15) is 49.7 Å². The minimum Gasteiger partial charge on any atom is -0.339 e. The molecule has 1 saturated heterocycles. The number of aromatic nitrogens is 2. The molecule has 3 atom stereocenters. The van der Waals surface area contributed by atoms with E-state index < -0.39 is 29.1 Å². The van der Waals surface area contributed by atoms with Crippen molar-refractivity contribution >= 4 is 29.3 Å². The summed E-state index contributed by atoms with van der Waals surface area (Å²) in [6.07, 6.45) is 3.98. The van der Waals surface area contributed by atoms with Gasteiger partial charge in [0.25, 0.3) is 5.56 Å². The zero-order valence-electron chi connectivity index (χ0n) is 16.4. The van der Waals surface area contributed by atoms with Crippen LogP contribution in [0.15, 0.2) is 23.0 Å². The van der Waals surface area contributed by atoms with E-state index in [-0.39, 0.29) is 28.0 Å². The number of aromatic amines is 1. The van der Waals surface area contributed by atoms with Gasteiger partial charge in [0.05, 0.1) is 11.6 Å². The monoisotopic (exact) mass is 429 g/mol. The van der Waals surface area contributed by atoms with E-state index in [0.29, 0.717) is 5.95 Å². The van der Waals surface area contributed by atoms with E-state index in [2.05, 4.69) is 22.2 Å². The molecule has 2 aliphatic rings. The van der Waals surface area contributed by atoms with Crippen molar-refractivity contribution in [3.63, 3.8) is 0 Å². The van der Waals surface area contributed by atoms with Crippen LogP contribution in [0.4, 0.5) is 16.2 Å². The van der Waals surface area contributed by atoms with Crippen molar-refractivity contribution in [2.45, 2.75) is 44.6 Å². The number of rotatable bonds is 3. The molecule has 0 spiro atoms. The quantitative estimate of drug-likeness (QED) is 0.776. The first kappa shape index (κ1) is 20.4. The molecule has 9 heteroatoms. The SMILES string of the molecule is CCC1CCCCN1c1nc2c(c(=O)[nH]1)C(c1c(F)cccc1Cl)C(C#N)C(=O)N2. The minimum absolute atomic E-state index is 0.0435. The highest BCUT2D eigenvalue weighted by molar-refractivity contribution is 6.31. The highest BCUT2D eigenvalue weighted by Gasteiger charge is 2.42. The number of carbonyl (C=O) groups is 1. The second kappa shape index (κ2) is 8.07. The number of hydrogen-bond donors (Lipinski definition) is 2. The molecule has 2 N–H and O–H groups in total. The lowest BCUT2D eigenvalue weighted by atomic mass is 9.79. The summed E-state index contributed by atoms with van der Waals surface area (Å²) in [6, 6.07) is 6.22. The third-order valence-electron chi connectivity index (χ3n) is 5.93. The number of nitriles is 1. The van der Waals surface area contributed by atoms with Gasteiger partial charge < -0.3 is 10.2 Å². The summed E-state index contributed by atoms with van der Waals surface area (Å²) in [7, 11) is 0. The van der Waals surface area contributed by atoms with Gasteiger partial charge in [0.15, 0.2) is 0 Å². The average molecular weight is 430 g/mol. The van der Waals surface area contributed by atoms with Gasteiger partial charge in [0.2, 0.25) is 11.9 Å². The second-order valence-electron chi connectivity index (χ2n) is 7.61. The standard InChI is InChI=1S/C21H21ClFN5O2/c1-2-11-6-3-4-9-28(11)21-26-18-17(20(30)27-21)15(12(10-24)19(29)25-18)16-13(22)7-5-8-14(16)23/h5,7-8,11-12,15H,2-4,6,9H2,1H3,(H2,25,26,27,29,30). The molecule has 1 aromatic heterocycles. The Bertz CT molecular complexity index is 1080. The van der Waals surface area contributed by atoms with Gasteiger partial charge in [-0.05, 0) is 37.8 Å². The Labute approximate surface area is 177 Å². The van der Waals surface area contributed by atoms with E-state index in [1.54, 1.807) is 0 Å². The molecule has 0 aliphatic carbocycles. The Hall–Kier alpha value is -2.92. The molecule has 3 unspecified atom stereocenters. The molecule has 2 aromatic rings. The number of benzene rings is 1. The molecule has 156 valence electrons. The van der Waals surface area contributed by atoms with Crippen molar-refractivity contribution in [2.24, 2.45) is 5.92 Å². The fraction of sp³-hybridized carbons (Fsp3) is 0.429. The first-order chi connectivity index (χ1) is 14.5. The number of piperidine rings is 1. The van der Waals surface area contributed by atoms with E-state index in [9.17, 15) is 19.2 Å². The second-order valence-corrected chi connectivity index (χ2v) is 8.02. The van der Waals surface area contributed by atoms with E-state index in [0.717, 1.165) is 32.2 Å². The maximum atomic E-state index is 14.7. The average Bonchev–Trinajstić information content (AvgIpc) is 2.73. The van der Waals surface area contributed by atoms with Gasteiger partial charge in [-0.25, -0.2) is 4.39 Å². The summed E-state index contributed by atoms with van der Waals surface area (Å²) < 4.78 is 14.7.